The highest BCUT2D eigenvalue weighted by atomic mass is 19.4. The van der Waals surface area contributed by atoms with Crippen LogP contribution in [0, 0.1) is 5.92 Å². The molecule has 2 aliphatic rings. The van der Waals surface area contributed by atoms with Gasteiger partial charge in [-0.2, -0.15) is 13.2 Å². The van der Waals surface area contributed by atoms with Crippen LogP contribution in [0.25, 0.3) is 11.4 Å². The summed E-state index contributed by atoms with van der Waals surface area (Å²) in [4.78, 5) is 27.2. The number of hydrogen-bond acceptors (Lipinski definition) is 7. The second-order valence-corrected chi connectivity index (χ2v) is 9.16. The van der Waals surface area contributed by atoms with E-state index in [1.807, 2.05) is 0 Å². The average Bonchev–Trinajstić information content (AvgIpc) is 3.47. The molecule has 2 aliphatic carbocycles. The van der Waals surface area contributed by atoms with Gasteiger partial charge in [0.05, 0.1) is 30.0 Å². The van der Waals surface area contributed by atoms with Gasteiger partial charge in [-0.15, -0.1) is 5.10 Å². The lowest BCUT2D eigenvalue weighted by molar-refractivity contribution is -0.146. The standard InChI is InChI=1S/C23H28F3N5O5/c1-31-17(12-27-22(34)36-14-6-2-3-7-14)19(29-30-31)16-9-10-18(20(28-16)23(24,25)26)35-15-8-4-5-13(11-15)21(32)33/h9-10,13-15H,2-8,11-12H2,1H3,(H,27,34)(H,32,33). The largest absolute Gasteiger partial charge is 0.488 e. The van der Waals surface area contributed by atoms with Gasteiger partial charge in [0.15, 0.2) is 11.4 Å². The van der Waals surface area contributed by atoms with E-state index in [-0.39, 0.29) is 30.5 Å². The van der Waals surface area contributed by atoms with Crippen molar-refractivity contribution in [2.75, 3.05) is 0 Å². The average molecular weight is 512 g/mol. The summed E-state index contributed by atoms with van der Waals surface area (Å²) in [6, 6.07) is 2.50. The summed E-state index contributed by atoms with van der Waals surface area (Å²) in [5.74, 6) is -2.10. The quantitative estimate of drug-likeness (QED) is 0.569. The Hall–Kier alpha value is -3.38. The summed E-state index contributed by atoms with van der Waals surface area (Å²) >= 11 is 0. The van der Waals surface area contributed by atoms with Crippen LogP contribution in [-0.2, 0) is 29.3 Å². The zero-order valence-corrected chi connectivity index (χ0v) is 19.8. The summed E-state index contributed by atoms with van der Waals surface area (Å²) in [5, 5.41) is 19.7. The van der Waals surface area contributed by atoms with Crippen molar-refractivity contribution in [1.82, 2.24) is 25.3 Å². The van der Waals surface area contributed by atoms with Gasteiger partial charge in [0.25, 0.3) is 0 Å². The number of alkyl halides is 3. The third kappa shape index (κ3) is 6.05. The number of aromatic nitrogens is 4. The molecule has 0 aromatic carbocycles. The van der Waals surface area contributed by atoms with E-state index in [0.29, 0.717) is 25.0 Å². The van der Waals surface area contributed by atoms with Gasteiger partial charge in [0.1, 0.15) is 11.8 Å². The Morgan fingerprint density at radius 3 is 2.56 bits per heavy atom. The van der Waals surface area contributed by atoms with Crippen LogP contribution in [0.3, 0.4) is 0 Å². The molecule has 196 valence electrons. The summed E-state index contributed by atoms with van der Waals surface area (Å²) in [7, 11) is 1.56. The molecule has 2 aromatic heterocycles. The van der Waals surface area contributed by atoms with Crippen LogP contribution in [0.1, 0.15) is 62.8 Å². The fraction of sp³-hybridized carbons (Fsp3) is 0.609. The molecule has 0 saturated heterocycles. The maximum absolute atomic E-state index is 13.9. The summed E-state index contributed by atoms with van der Waals surface area (Å²) in [6.45, 7) is -0.0652. The van der Waals surface area contributed by atoms with Crippen molar-refractivity contribution in [1.29, 1.82) is 0 Å². The molecular formula is C23H28F3N5O5. The van der Waals surface area contributed by atoms with Crippen molar-refractivity contribution in [3.8, 4) is 17.1 Å². The number of amides is 1. The van der Waals surface area contributed by atoms with E-state index in [9.17, 15) is 27.9 Å². The lowest BCUT2D eigenvalue weighted by Crippen LogP contribution is -2.30. The highest BCUT2D eigenvalue weighted by molar-refractivity contribution is 5.70. The minimum atomic E-state index is -4.82. The number of aryl methyl sites for hydroxylation is 1. The first kappa shape index (κ1) is 25.7. The molecule has 0 spiro atoms. The van der Waals surface area contributed by atoms with Gasteiger partial charge in [-0.3, -0.25) is 4.79 Å². The third-order valence-corrected chi connectivity index (χ3v) is 6.56. The van der Waals surface area contributed by atoms with E-state index in [1.54, 1.807) is 7.05 Å². The first-order valence-electron chi connectivity index (χ1n) is 11.9. The Kier molecular flexibility index (Phi) is 7.65. The van der Waals surface area contributed by atoms with E-state index in [2.05, 4.69) is 20.6 Å². The Balaban J connectivity index is 1.52. The Bertz CT molecular complexity index is 1100. The summed E-state index contributed by atoms with van der Waals surface area (Å²) < 4.78 is 54.0. The van der Waals surface area contributed by atoms with E-state index in [0.717, 1.165) is 31.7 Å². The topological polar surface area (TPSA) is 128 Å². The molecule has 10 nitrogen and oxygen atoms in total. The number of carbonyl (C=O) groups is 2. The third-order valence-electron chi connectivity index (χ3n) is 6.56. The number of alkyl carbamates (subject to hydrolysis) is 1. The van der Waals surface area contributed by atoms with Crippen molar-refractivity contribution < 1.29 is 37.3 Å². The van der Waals surface area contributed by atoms with Crippen LogP contribution >= 0.6 is 0 Å². The van der Waals surface area contributed by atoms with Crippen molar-refractivity contribution in [2.24, 2.45) is 13.0 Å². The van der Waals surface area contributed by atoms with E-state index in [1.165, 1.54) is 10.7 Å². The lowest BCUT2D eigenvalue weighted by atomic mass is 9.87. The smallest absolute Gasteiger partial charge is 0.437 e. The molecule has 0 aliphatic heterocycles. The van der Waals surface area contributed by atoms with E-state index < -0.39 is 41.7 Å². The first-order valence-corrected chi connectivity index (χ1v) is 11.9. The zero-order chi connectivity index (χ0) is 25.9. The molecule has 2 saturated carbocycles. The second kappa shape index (κ2) is 10.7. The predicted octanol–water partition coefficient (Wildman–Crippen LogP) is 4.09. The van der Waals surface area contributed by atoms with Gasteiger partial charge < -0.3 is 19.9 Å². The fourth-order valence-electron chi connectivity index (χ4n) is 4.66. The van der Waals surface area contributed by atoms with Gasteiger partial charge in [-0.25, -0.2) is 14.5 Å². The number of rotatable bonds is 7. The molecular weight excluding hydrogens is 483 g/mol. The number of hydrogen-bond donors (Lipinski definition) is 2. The Morgan fingerprint density at radius 2 is 1.86 bits per heavy atom. The number of carbonyl (C=O) groups excluding carboxylic acids is 1. The Labute approximate surface area is 205 Å². The molecule has 2 unspecified atom stereocenters. The molecule has 2 heterocycles. The molecule has 4 rings (SSSR count). The van der Waals surface area contributed by atoms with Crippen molar-refractivity contribution in [3.05, 3.63) is 23.5 Å². The first-order chi connectivity index (χ1) is 17.1. The van der Waals surface area contributed by atoms with Gasteiger partial charge >= 0.3 is 18.2 Å². The number of nitrogens with zero attached hydrogens (tertiary/aromatic N) is 4. The molecule has 36 heavy (non-hydrogen) atoms. The van der Waals surface area contributed by atoms with Crippen LogP contribution in [0.5, 0.6) is 5.75 Å². The highest BCUT2D eigenvalue weighted by Gasteiger charge is 2.39. The molecule has 2 fully saturated rings. The molecule has 2 atom stereocenters. The summed E-state index contributed by atoms with van der Waals surface area (Å²) in [6.07, 6.45) is -1.00. The van der Waals surface area contributed by atoms with Gasteiger partial charge in [0.2, 0.25) is 0 Å². The van der Waals surface area contributed by atoms with Crippen molar-refractivity contribution in [2.45, 2.75) is 76.3 Å². The van der Waals surface area contributed by atoms with Gasteiger partial charge in [-0.05, 0) is 63.5 Å². The molecule has 0 radical (unpaired) electrons. The number of carboxylic acids is 1. The normalized spacial score (nSPS) is 20.8. The number of pyridine rings is 1. The molecule has 0 bridgehead atoms. The number of aliphatic carboxylic acids is 1. The minimum absolute atomic E-state index is 0.0652. The van der Waals surface area contributed by atoms with Crippen LogP contribution in [-0.4, -0.2) is 49.4 Å². The molecule has 2 N–H and O–H groups in total. The lowest BCUT2D eigenvalue weighted by Gasteiger charge is -2.28. The van der Waals surface area contributed by atoms with E-state index >= 15 is 0 Å². The van der Waals surface area contributed by atoms with Crippen molar-refractivity contribution in [3.63, 3.8) is 0 Å². The monoisotopic (exact) mass is 511 g/mol. The second-order valence-electron chi connectivity index (χ2n) is 9.16. The maximum atomic E-state index is 13.9. The van der Waals surface area contributed by atoms with Crippen LogP contribution in [0.2, 0.25) is 0 Å². The molecule has 1 amide bonds. The zero-order valence-electron chi connectivity index (χ0n) is 19.8. The van der Waals surface area contributed by atoms with Crippen molar-refractivity contribution >= 4 is 12.1 Å². The van der Waals surface area contributed by atoms with Gasteiger partial charge in [-0.1, -0.05) is 5.21 Å². The maximum Gasteiger partial charge on any atom is 0.437 e. The predicted molar refractivity (Wildman–Crippen MR) is 119 cm³/mol. The fourth-order valence-corrected chi connectivity index (χ4v) is 4.66. The summed E-state index contributed by atoms with van der Waals surface area (Å²) in [5.41, 5.74) is -0.887. The van der Waals surface area contributed by atoms with Gasteiger partial charge in [0, 0.05) is 7.05 Å². The molecule has 13 heteroatoms. The highest BCUT2D eigenvalue weighted by Crippen LogP contribution is 2.38. The minimum Gasteiger partial charge on any atom is -0.488 e. The number of ether oxygens (including phenoxy) is 2. The Morgan fingerprint density at radius 1 is 1.14 bits per heavy atom. The van der Waals surface area contributed by atoms with E-state index in [4.69, 9.17) is 9.47 Å². The van der Waals surface area contributed by atoms with Crippen LogP contribution < -0.4 is 10.1 Å². The molecule has 2 aromatic rings. The number of nitrogens with one attached hydrogen (secondary N) is 1. The van der Waals surface area contributed by atoms with Crippen LogP contribution in [0.15, 0.2) is 12.1 Å². The van der Waals surface area contributed by atoms with Crippen LogP contribution in [0.4, 0.5) is 18.0 Å². The SMILES string of the molecule is Cn1nnc(-c2ccc(OC3CCCC(C(=O)O)C3)c(C(F)(F)F)n2)c1CNC(=O)OC1CCCC1. The number of halogens is 3. The number of carboxylic acid groups (broad SMARTS) is 1.